The van der Waals surface area contributed by atoms with E-state index in [-0.39, 0.29) is 5.57 Å². The molecular formula is C16H13O3-. The molecule has 0 aliphatic rings. The van der Waals surface area contributed by atoms with Crippen LogP contribution in [0, 0.1) is 0 Å². The second kappa shape index (κ2) is 5.87. The maximum Gasteiger partial charge on any atom is 0.126 e. The van der Waals surface area contributed by atoms with Crippen molar-refractivity contribution in [2.75, 3.05) is 7.11 Å². The van der Waals surface area contributed by atoms with Crippen molar-refractivity contribution in [2.45, 2.75) is 0 Å². The van der Waals surface area contributed by atoms with Crippen LogP contribution in [0.2, 0.25) is 0 Å². The highest BCUT2D eigenvalue weighted by Crippen LogP contribution is 2.27. The van der Waals surface area contributed by atoms with Gasteiger partial charge in [-0.15, -0.1) is 0 Å². The molecule has 0 radical (unpaired) electrons. The molecule has 3 heteroatoms. The first-order valence-electron chi connectivity index (χ1n) is 5.84. The van der Waals surface area contributed by atoms with E-state index in [1.807, 2.05) is 30.3 Å². The molecule has 2 rings (SSSR count). The molecular weight excluding hydrogens is 240 g/mol. The van der Waals surface area contributed by atoms with Crippen LogP contribution < -0.4 is 9.84 Å². The number of benzene rings is 2. The Hall–Kier alpha value is -2.55. The lowest BCUT2D eigenvalue weighted by atomic mass is 10.0. The number of carboxylic acid groups (broad SMARTS) is 1. The number of rotatable bonds is 4. The highest BCUT2D eigenvalue weighted by atomic mass is 16.5. The van der Waals surface area contributed by atoms with Gasteiger partial charge in [0.1, 0.15) is 5.75 Å². The molecule has 96 valence electrons. The minimum absolute atomic E-state index is 0.101. The summed E-state index contributed by atoms with van der Waals surface area (Å²) in [6.45, 7) is 0. The van der Waals surface area contributed by atoms with E-state index in [1.165, 1.54) is 7.11 Å². The van der Waals surface area contributed by atoms with Crippen molar-refractivity contribution in [3.63, 3.8) is 0 Å². The van der Waals surface area contributed by atoms with Crippen molar-refractivity contribution in [3.8, 4) is 5.75 Å². The Morgan fingerprint density at radius 2 is 1.68 bits per heavy atom. The molecule has 3 nitrogen and oxygen atoms in total. The van der Waals surface area contributed by atoms with Gasteiger partial charge in [-0.3, -0.25) is 0 Å². The smallest absolute Gasteiger partial charge is 0.126 e. The predicted octanol–water partition coefficient (Wildman–Crippen LogP) is 1.99. The van der Waals surface area contributed by atoms with E-state index in [0.29, 0.717) is 11.3 Å². The third-order valence-electron chi connectivity index (χ3n) is 2.73. The van der Waals surface area contributed by atoms with Gasteiger partial charge in [0.25, 0.3) is 0 Å². The molecule has 0 unspecified atom stereocenters. The quantitative estimate of drug-likeness (QED) is 0.618. The molecule has 19 heavy (non-hydrogen) atoms. The van der Waals surface area contributed by atoms with Gasteiger partial charge in [-0.1, -0.05) is 48.5 Å². The number of para-hydroxylation sites is 1. The largest absolute Gasteiger partial charge is 0.545 e. The topological polar surface area (TPSA) is 49.4 Å². The Balaban J connectivity index is 2.52. The molecule has 0 bridgehead atoms. The monoisotopic (exact) mass is 253 g/mol. The third-order valence-corrected chi connectivity index (χ3v) is 2.73. The first kappa shape index (κ1) is 12.9. The molecule has 0 saturated heterocycles. The number of aliphatic carboxylic acids is 1. The average Bonchev–Trinajstić information content (AvgIpc) is 2.45. The van der Waals surface area contributed by atoms with Crippen LogP contribution in [0.1, 0.15) is 11.1 Å². The summed E-state index contributed by atoms with van der Waals surface area (Å²) in [6.07, 6.45) is 1.58. The van der Waals surface area contributed by atoms with Gasteiger partial charge in [-0.25, -0.2) is 0 Å². The number of methoxy groups -OCH3 is 1. The first-order valence-corrected chi connectivity index (χ1v) is 5.84. The van der Waals surface area contributed by atoms with Crippen LogP contribution in [0.5, 0.6) is 5.75 Å². The average molecular weight is 253 g/mol. The summed E-state index contributed by atoms with van der Waals surface area (Å²) in [5, 5.41) is 11.3. The fourth-order valence-electron chi connectivity index (χ4n) is 1.83. The Bertz CT molecular complexity index is 600. The summed E-state index contributed by atoms with van der Waals surface area (Å²) in [4.78, 5) is 11.3. The highest BCUT2D eigenvalue weighted by Gasteiger charge is 2.08. The molecule has 0 aromatic heterocycles. The normalized spacial score (nSPS) is 11.1. The van der Waals surface area contributed by atoms with Crippen LogP contribution in [0.25, 0.3) is 11.6 Å². The van der Waals surface area contributed by atoms with E-state index in [9.17, 15) is 9.90 Å². The van der Waals surface area contributed by atoms with Gasteiger partial charge in [0.15, 0.2) is 0 Å². The van der Waals surface area contributed by atoms with E-state index >= 15 is 0 Å². The lowest BCUT2D eigenvalue weighted by Gasteiger charge is -2.13. The fourth-order valence-corrected chi connectivity index (χ4v) is 1.83. The van der Waals surface area contributed by atoms with E-state index in [4.69, 9.17) is 4.74 Å². The van der Waals surface area contributed by atoms with Crippen molar-refractivity contribution >= 4 is 17.6 Å². The Morgan fingerprint density at radius 1 is 1.05 bits per heavy atom. The van der Waals surface area contributed by atoms with Crippen LogP contribution in [-0.4, -0.2) is 13.1 Å². The molecule has 0 saturated carbocycles. The molecule has 0 aliphatic carbocycles. The minimum atomic E-state index is -1.23. The van der Waals surface area contributed by atoms with Crippen molar-refractivity contribution in [2.24, 2.45) is 0 Å². The van der Waals surface area contributed by atoms with Crippen LogP contribution >= 0.6 is 0 Å². The molecule has 0 fully saturated rings. The molecule has 0 N–H and O–H groups in total. The van der Waals surface area contributed by atoms with Gasteiger partial charge in [-0.2, -0.15) is 0 Å². The minimum Gasteiger partial charge on any atom is -0.545 e. The highest BCUT2D eigenvalue weighted by molar-refractivity contribution is 6.20. The zero-order valence-corrected chi connectivity index (χ0v) is 10.5. The maximum atomic E-state index is 11.3. The lowest BCUT2D eigenvalue weighted by molar-refractivity contribution is -0.295. The van der Waals surface area contributed by atoms with Crippen LogP contribution in [0.4, 0.5) is 0 Å². The van der Waals surface area contributed by atoms with Gasteiger partial charge < -0.3 is 14.6 Å². The fraction of sp³-hybridized carbons (Fsp3) is 0.0625. The van der Waals surface area contributed by atoms with E-state index in [0.717, 1.165) is 5.56 Å². The first-order chi connectivity index (χ1) is 9.22. The maximum absolute atomic E-state index is 11.3. The number of hydrogen-bond donors (Lipinski definition) is 0. The molecule has 0 heterocycles. The van der Waals surface area contributed by atoms with Crippen LogP contribution in [0.3, 0.4) is 0 Å². The summed E-state index contributed by atoms with van der Waals surface area (Å²) in [5.74, 6) is -0.720. The Kier molecular flexibility index (Phi) is 3.98. The van der Waals surface area contributed by atoms with Crippen molar-refractivity contribution in [1.82, 2.24) is 0 Å². The number of carbonyl (C=O) groups is 1. The van der Waals surface area contributed by atoms with Gasteiger partial charge >= 0.3 is 0 Å². The summed E-state index contributed by atoms with van der Waals surface area (Å²) < 4.78 is 5.18. The number of carboxylic acids is 1. The SMILES string of the molecule is COc1ccccc1C(=Cc1ccccc1)C(=O)[O-]. The van der Waals surface area contributed by atoms with Crippen molar-refractivity contribution < 1.29 is 14.6 Å². The van der Waals surface area contributed by atoms with Gasteiger partial charge in [0, 0.05) is 11.1 Å². The second-order valence-corrected chi connectivity index (χ2v) is 3.96. The van der Waals surface area contributed by atoms with E-state index < -0.39 is 5.97 Å². The standard InChI is InChI=1S/C16H14O3/c1-19-15-10-6-5-9-13(15)14(16(17)18)11-12-7-3-2-4-8-12/h2-11H,1H3,(H,17,18)/p-1. The third kappa shape index (κ3) is 3.01. The lowest BCUT2D eigenvalue weighted by Crippen LogP contribution is -2.23. The molecule has 0 amide bonds. The summed E-state index contributed by atoms with van der Waals surface area (Å²) in [6, 6.07) is 16.2. The molecule has 2 aromatic rings. The zero-order valence-electron chi connectivity index (χ0n) is 10.5. The molecule has 0 aliphatic heterocycles. The van der Waals surface area contributed by atoms with E-state index in [2.05, 4.69) is 0 Å². The van der Waals surface area contributed by atoms with Crippen molar-refractivity contribution in [1.29, 1.82) is 0 Å². The van der Waals surface area contributed by atoms with Crippen LogP contribution in [0.15, 0.2) is 54.6 Å². The Morgan fingerprint density at radius 3 is 2.32 bits per heavy atom. The van der Waals surface area contributed by atoms with Crippen LogP contribution in [-0.2, 0) is 4.79 Å². The second-order valence-electron chi connectivity index (χ2n) is 3.96. The van der Waals surface area contributed by atoms with Crippen molar-refractivity contribution in [3.05, 3.63) is 65.7 Å². The number of ether oxygens (including phenoxy) is 1. The van der Waals surface area contributed by atoms with E-state index in [1.54, 1.807) is 30.3 Å². The van der Waals surface area contributed by atoms with Gasteiger partial charge in [0.05, 0.1) is 13.1 Å². The zero-order chi connectivity index (χ0) is 13.7. The summed E-state index contributed by atoms with van der Waals surface area (Å²) >= 11 is 0. The molecule has 0 atom stereocenters. The van der Waals surface area contributed by atoms with Gasteiger partial charge in [0.2, 0.25) is 0 Å². The predicted molar refractivity (Wildman–Crippen MR) is 72.3 cm³/mol. The molecule has 2 aromatic carbocycles. The number of carbonyl (C=O) groups excluding carboxylic acids is 1. The number of hydrogen-bond acceptors (Lipinski definition) is 3. The summed E-state index contributed by atoms with van der Waals surface area (Å²) in [7, 11) is 1.51. The Labute approximate surface area is 111 Å². The summed E-state index contributed by atoms with van der Waals surface area (Å²) in [5.41, 5.74) is 1.41. The molecule has 0 spiro atoms. The van der Waals surface area contributed by atoms with Gasteiger partial charge in [-0.05, 0) is 17.7 Å².